The number of benzene rings is 1. The third kappa shape index (κ3) is 2.88. The quantitative estimate of drug-likeness (QED) is 0.843. The molecule has 2 fully saturated rings. The van der Waals surface area contributed by atoms with Crippen LogP contribution in [0.2, 0.25) is 0 Å². The van der Waals surface area contributed by atoms with Gasteiger partial charge in [0.15, 0.2) is 5.82 Å². The van der Waals surface area contributed by atoms with E-state index in [4.69, 9.17) is 4.52 Å². The van der Waals surface area contributed by atoms with Gasteiger partial charge in [-0.1, -0.05) is 5.16 Å². The minimum absolute atomic E-state index is 0.0366. The van der Waals surface area contributed by atoms with Gasteiger partial charge in [-0.25, -0.2) is 4.39 Å². The summed E-state index contributed by atoms with van der Waals surface area (Å²) in [7, 11) is 0. The van der Waals surface area contributed by atoms with Crippen LogP contribution in [0.15, 0.2) is 28.8 Å². The maximum absolute atomic E-state index is 13.0. The first-order valence-corrected chi connectivity index (χ1v) is 8.16. The van der Waals surface area contributed by atoms with E-state index in [-0.39, 0.29) is 35.9 Å². The van der Waals surface area contributed by atoms with E-state index in [1.807, 2.05) is 0 Å². The molecule has 7 nitrogen and oxygen atoms in total. The third-order valence-electron chi connectivity index (χ3n) is 4.70. The van der Waals surface area contributed by atoms with Crippen molar-refractivity contribution in [2.75, 3.05) is 24.5 Å². The Bertz CT molecular complexity index is 814. The maximum atomic E-state index is 13.0. The first-order chi connectivity index (χ1) is 12.0. The molecule has 0 radical (unpaired) electrons. The maximum Gasteiger partial charge on any atom is 0.233 e. The molecule has 1 atom stereocenters. The Labute approximate surface area is 143 Å². The number of rotatable bonds is 3. The van der Waals surface area contributed by atoms with Crippen LogP contribution >= 0.6 is 0 Å². The summed E-state index contributed by atoms with van der Waals surface area (Å²) >= 11 is 0. The van der Waals surface area contributed by atoms with Crippen LogP contribution in [0.3, 0.4) is 0 Å². The molecule has 25 heavy (non-hydrogen) atoms. The van der Waals surface area contributed by atoms with Crippen molar-refractivity contribution in [2.45, 2.75) is 19.3 Å². The number of halogens is 1. The second-order valence-electron chi connectivity index (χ2n) is 6.50. The second kappa shape index (κ2) is 5.94. The van der Waals surface area contributed by atoms with Crippen LogP contribution in [0.4, 0.5) is 10.1 Å². The van der Waals surface area contributed by atoms with E-state index in [9.17, 15) is 14.0 Å². The molecule has 0 saturated carbocycles. The number of hydrogen-bond donors (Lipinski definition) is 0. The van der Waals surface area contributed by atoms with E-state index in [2.05, 4.69) is 10.1 Å². The Morgan fingerprint density at radius 2 is 1.96 bits per heavy atom. The van der Waals surface area contributed by atoms with Crippen LogP contribution in [0.1, 0.15) is 24.1 Å². The minimum atomic E-state index is -0.372. The summed E-state index contributed by atoms with van der Waals surface area (Å²) in [5.74, 6) is 0.317. The number of aryl methyl sites for hydroxylation is 1. The molecule has 2 aliphatic heterocycles. The summed E-state index contributed by atoms with van der Waals surface area (Å²) in [6, 6.07) is 5.73. The van der Waals surface area contributed by atoms with Gasteiger partial charge in [0, 0.05) is 31.7 Å². The fraction of sp³-hybridized carbons (Fsp3) is 0.412. The molecule has 0 spiro atoms. The van der Waals surface area contributed by atoms with Crippen LogP contribution in [0, 0.1) is 18.7 Å². The van der Waals surface area contributed by atoms with Gasteiger partial charge in [0.1, 0.15) is 5.82 Å². The molecule has 1 aromatic heterocycles. The molecule has 130 valence electrons. The smallest absolute Gasteiger partial charge is 0.233 e. The Balaban J connectivity index is 1.37. The van der Waals surface area contributed by atoms with Gasteiger partial charge in [0.2, 0.25) is 17.7 Å². The van der Waals surface area contributed by atoms with E-state index in [0.717, 1.165) is 0 Å². The lowest BCUT2D eigenvalue weighted by Crippen LogP contribution is -2.51. The average Bonchev–Trinajstić information content (AvgIpc) is 3.13. The van der Waals surface area contributed by atoms with E-state index in [0.29, 0.717) is 37.0 Å². The number of amides is 2. The fourth-order valence-corrected chi connectivity index (χ4v) is 3.30. The number of nitrogens with zero attached hydrogens (tertiary/aromatic N) is 4. The molecule has 3 heterocycles. The highest BCUT2D eigenvalue weighted by Crippen LogP contribution is 2.31. The van der Waals surface area contributed by atoms with Gasteiger partial charge in [-0.05, 0) is 31.2 Å². The number of hydrogen-bond acceptors (Lipinski definition) is 5. The molecule has 1 aromatic carbocycles. The van der Waals surface area contributed by atoms with Gasteiger partial charge in [0.05, 0.1) is 11.8 Å². The van der Waals surface area contributed by atoms with Crippen molar-refractivity contribution in [1.29, 1.82) is 0 Å². The molecule has 2 aromatic rings. The highest BCUT2D eigenvalue weighted by molar-refractivity contribution is 6.00. The lowest BCUT2D eigenvalue weighted by molar-refractivity contribution is -0.140. The normalized spacial score (nSPS) is 20.9. The van der Waals surface area contributed by atoms with Gasteiger partial charge < -0.3 is 14.3 Å². The zero-order valence-corrected chi connectivity index (χ0v) is 13.7. The van der Waals surface area contributed by atoms with E-state index >= 15 is 0 Å². The van der Waals surface area contributed by atoms with Crippen molar-refractivity contribution in [2.24, 2.45) is 5.92 Å². The lowest BCUT2D eigenvalue weighted by atomic mass is 9.96. The molecular weight excluding hydrogens is 327 g/mol. The number of likely N-dealkylation sites (tertiary alicyclic amines) is 1. The minimum Gasteiger partial charge on any atom is -0.341 e. The molecule has 2 aliphatic rings. The summed E-state index contributed by atoms with van der Waals surface area (Å²) in [5.41, 5.74) is 0.615. The third-order valence-corrected chi connectivity index (χ3v) is 4.70. The van der Waals surface area contributed by atoms with Crippen LogP contribution in [-0.4, -0.2) is 46.5 Å². The predicted octanol–water partition coefficient (Wildman–Crippen LogP) is 1.50. The van der Waals surface area contributed by atoms with Crippen molar-refractivity contribution in [3.8, 4) is 0 Å². The van der Waals surface area contributed by atoms with Crippen LogP contribution < -0.4 is 4.90 Å². The van der Waals surface area contributed by atoms with Crippen molar-refractivity contribution in [3.05, 3.63) is 41.8 Å². The van der Waals surface area contributed by atoms with E-state index < -0.39 is 0 Å². The first kappa shape index (κ1) is 15.7. The molecule has 0 N–H and O–H groups in total. The van der Waals surface area contributed by atoms with Crippen LogP contribution in [0.5, 0.6) is 0 Å². The molecule has 0 bridgehead atoms. The number of carbonyl (C=O) groups excluding carboxylic acids is 2. The summed E-state index contributed by atoms with van der Waals surface area (Å²) in [6.45, 7) is 3.14. The van der Waals surface area contributed by atoms with E-state index in [1.54, 1.807) is 28.9 Å². The predicted molar refractivity (Wildman–Crippen MR) is 85.2 cm³/mol. The number of carbonyl (C=O) groups is 2. The largest absolute Gasteiger partial charge is 0.341 e. The Hall–Kier alpha value is -2.77. The van der Waals surface area contributed by atoms with Crippen LogP contribution in [0.25, 0.3) is 0 Å². The fourth-order valence-electron chi connectivity index (χ4n) is 3.30. The van der Waals surface area contributed by atoms with Crippen molar-refractivity contribution in [1.82, 2.24) is 15.0 Å². The molecule has 8 heteroatoms. The SMILES string of the molecule is Cc1noc(C2CN(C(=O)C3CC(=O)N(c4ccc(F)cc4)C3)C2)n1. The Kier molecular flexibility index (Phi) is 3.74. The number of aromatic nitrogens is 2. The lowest BCUT2D eigenvalue weighted by Gasteiger charge is -2.38. The highest BCUT2D eigenvalue weighted by Gasteiger charge is 2.42. The van der Waals surface area contributed by atoms with Gasteiger partial charge in [0.25, 0.3) is 0 Å². The van der Waals surface area contributed by atoms with Gasteiger partial charge in [-0.2, -0.15) is 4.98 Å². The molecule has 0 aliphatic carbocycles. The Morgan fingerprint density at radius 1 is 1.24 bits per heavy atom. The van der Waals surface area contributed by atoms with Crippen molar-refractivity contribution >= 4 is 17.5 Å². The summed E-state index contributed by atoms with van der Waals surface area (Å²) in [4.78, 5) is 32.3. The average molecular weight is 344 g/mol. The molecule has 4 rings (SSSR count). The topological polar surface area (TPSA) is 79.5 Å². The number of anilines is 1. The monoisotopic (exact) mass is 344 g/mol. The molecule has 1 unspecified atom stereocenters. The summed E-state index contributed by atoms with van der Waals surface area (Å²) in [6.07, 6.45) is 0.178. The van der Waals surface area contributed by atoms with Crippen molar-refractivity contribution in [3.63, 3.8) is 0 Å². The zero-order chi connectivity index (χ0) is 17.6. The zero-order valence-electron chi connectivity index (χ0n) is 13.7. The van der Waals surface area contributed by atoms with Crippen molar-refractivity contribution < 1.29 is 18.5 Å². The van der Waals surface area contributed by atoms with Gasteiger partial charge >= 0.3 is 0 Å². The molecule has 2 saturated heterocycles. The summed E-state index contributed by atoms with van der Waals surface area (Å²) in [5, 5.41) is 3.76. The van der Waals surface area contributed by atoms with E-state index in [1.165, 1.54) is 12.1 Å². The Morgan fingerprint density at radius 3 is 2.60 bits per heavy atom. The first-order valence-electron chi connectivity index (χ1n) is 8.16. The standard InChI is InChI=1S/C17H17FN4O3/c1-10-19-16(25-20-10)12-7-21(8-12)17(24)11-6-15(23)22(9-11)14-4-2-13(18)3-5-14/h2-5,11-12H,6-9H2,1H3. The summed E-state index contributed by atoms with van der Waals surface area (Å²) < 4.78 is 18.2. The van der Waals surface area contributed by atoms with Gasteiger partial charge in [-0.15, -0.1) is 0 Å². The van der Waals surface area contributed by atoms with Gasteiger partial charge in [-0.3, -0.25) is 9.59 Å². The molecule has 2 amide bonds. The van der Waals surface area contributed by atoms with Crippen LogP contribution in [-0.2, 0) is 9.59 Å². The second-order valence-corrected chi connectivity index (χ2v) is 6.50. The highest BCUT2D eigenvalue weighted by atomic mass is 19.1. The molecular formula is C17H17FN4O3.